The summed E-state index contributed by atoms with van der Waals surface area (Å²) in [6.45, 7) is 5.67. The minimum absolute atomic E-state index is 0.173. The van der Waals surface area contributed by atoms with Crippen LogP contribution in [0.5, 0.6) is 0 Å². The Morgan fingerprint density at radius 3 is 2.80 bits per heavy atom. The van der Waals surface area contributed by atoms with Crippen LogP contribution in [0.4, 0.5) is 8.78 Å². The fourth-order valence-electron chi connectivity index (χ4n) is 0.938. The van der Waals surface area contributed by atoms with E-state index in [4.69, 9.17) is 16.3 Å². The lowest BCUT2D eigenvalue weighted by molar-refractivity contribution is 0.146. The zero-order chi connectivity index (χ0) is 11.4. The molecule has 0 amide bonds. The topological polar surface area (TPSA) is 35.0 Å². The van der Waals surface area contributed by atoms with E-state index in [0.29, 0.717) is 6.61 Å². The molecule has 0 saturated carbocycles. The van der Waals surface area contributed by atoms with Crippen LogP contribution in [0.3, 0.4) is 0 Å². The van der Waals surface area contributed by atoms with Gasteiger partial charge in [0.2, 0.25) is 5.28 Å². The summed E-state index contributed by atoms with van der Waals surface area (Å²) >= 11 is 5.49. The predicted octanol–water partition coefficient (Wildman–Crippen LogP) is 3.07. The van der Waals surface area contributed by atoms with Crippen LogP contribution < -0.4 is 0 Å². The largest absolute Gasteiger partial charge is 0.492 e. The fraction of sp³-hybridized carbons (Fsp3) is 0.333. The van der Waals surface area contributed by atoms with Crippen LogP contribution in [0.25, 0.3) is 5.76 Å². The summed E-state index contributed by atoms with van der Waals surface area (Å²) in [4.78, 5) is 7.11. The van der Waals surface area contributed by atoms with E-state index < -0.39 is 12.1 Å². The molecule has 0 unspecified atom stereocenters. The van der Waals surface area contributed by atoms with Crippen molar-refractivity contribution < 1.29 is 13.5 Å². The van der Waals surface area contributed by atoms with Crippen molar-refractivity contribution in [3.8, 4) is 0 Å². The second-order valence-electron chi connectivity index (χ2n) is 2.60. The van der Waals surface area contributed by atoms with Gasteiger partial charge in [-0.15, -0.1) is 0 Å². The summed E-state index contributed by atoms with van der Waals surface area (Å²) in [6, 6.07) is 1.11. The van der Waals surface area contributed by atoms with Crippen molar-refractivity contribution in [2.75, 3.05) is 6.61 Å². The Hall–Kier alpha value is -1.23. The van der Waals surface area contributed by atoms with Gasteiger partial charge in [0.1, 0.15) is 17.1 Å². The highest BCUT2D eigenvalue weighted by atomic mass is 35.5. The molecule has 0 aliphatic rings. The summed E-state index contributed by atoms with van der Waals surface area (Å²) in [5, 5.41) is -0.247. The maximum Gasteiger partial charge on any atom is 0.280 e. The van der Waals surface area contributed by atoms with E-state index in [0.717, 1.165) is 6.07 Å². The van der Waals surface area contributed by atoms with Crippen LogP contribution in [-0.2, 0) is 4.74 Å². The van der Waals surface area contributed by atoms with Gasteiger partial charge in [0.15, 0.2) is 0 Å². The van der Waals surface area contributed by atoms with Crippen LogP contribution in [0.2, 0.25) is 5.28 Å². The quantitative estimate of drug-likeness (QED) is 0.593. The van der Waals surface area contributed by atoms with E-state index in [2.05, 4.69) is 16.5 Å². The lowest BCUT2D eigenvalue weighted by Crippen LogP contribution is -1.99. The molecule has 0 N–H and O–H groups in total. The third-order valence-electron chi connectivity index (χ3n) is 1.55. The van der Waals surface area contributed by atoms with Crippen LogP contribution >= 0.6 is 11.6 Å². The van der Waals surface area contributed by atoms with Crippen LogP contribution in [0, 0.1) is 0 Å². The molecule has 3 nitrogen and oxygen atoms in total. The molecule has 0 aliphatic heterocycles. The Morgan fingerprint density at radius 2 is 2.27 bits per heavy atom. The molecule has 0 fully saturated rings. The Bertz CT molecular complexity index is 371. The van der Waals surface area contributed by atoms with Gasteiger partial charge < -0.3 is 4.74 Å². The Kier molecular flexibility index (Phi) is 3.96. The van der Waals surface area contributed by atoms with Gasteiger partial charge in [0, 0.05) is 0 Å². The molecule has 15 heavy (non-hydrogen) atoms. The number of hydrogen-bond donors (Lipinski definition) is 0. The molecule has 1 rings (SSSR count). The minimum Gasteiger partial charge on any atom is -0.492 e. The molecular formula is C9H9ClF2N2O. The maximum absolute atomic E-state index is 12.4. The van der Waals surface area contributed by atoms with E-state index in [9.17, 15) is 8.78 Å². The molecule has 1 aromatic heterocycles. The Morgan fingerprint density at radius 1 is 1.60 bits per heavy atom. The van der Waals surface area contributed by atoms with Gasteiger partial charge in [-0.2, -0.15) is 0 Å². The predicted molar refractivity (Wildman–Crippen MR) is 52.7 cm³/mol. The first-order chi connectivity index (χ1) is 7.04. The molecule has 6 heteroatoms. The van der Waals surface area contributed by atoms with Crippen molar-refractivity contribution in [1.29, 1.82) is 0 Å². The third-order valence-corrected chi connectivity index (χ3v) is 1.72. The zero-order valence-electron chi connectivity index (χ0n) is 8.01. The molecule has 1 heterocycles. The normalized spacial score (nSPS) is 10.5. The number of aromatic nitrogens is 2. The van der Waals surface area contributed by atoms with Crippen molar-refractivity contribution in [2.24, 2.45) is 0 Å². The van der Waals surface area contributed by atoms with E-state index in [1.807, 2.05) is 0 Å². The maximum atomic E-state index is 12.4. The van der Waals surface area contributed by atoms with Crippen LogP contribution in [0.1, 0.15) is 24.7 Å². The second-order valence-corrected chi connectivity index (χ2v) is 2.94. The molecule has 0 aliphatic carbocycles. The summed E-state index contributed by atoms with van der Waals surface area (Å²) in [7, 11) is 0. The van der Waals surface area contributed by atoms with E-state index in [1.165, 1.54) is 0 Å². The Labute approximate surface area is 90.8 Å². The summed E-state index contributed by atoms with van der Waals surface area (Å²) in [6.07, 6.45) is -2.70. The molecule has 1 aromatic rings. The molecule has 0 radical (unpaired) electrons. The first-order valence-corrected chi connectivity index (χ1v) is 4.57. The standard InChI is InChI=1S/C9H9ClF2N2O/c1-3-15-5(2)6-4-7(8(11)12)14-9(10)13-6/h4,8H,2-3H2,1H3. The van der Waals surface area contributed by atoms with Gasteiger partial charge in [-0.05, 0) is 24.6 Å². The molecule has 0 saturated heterocycles. The molecule has 0 atom stereocenters. The summed E-state index contributed by atoms with van der Waals surface area (Å²) in [5.74, 6) is 0.198. The second kappa shape index (κ2) is 5.02. The van der Waals surface area contributed by atoms with Crippen LogP contribution in [0.15, 0.2) is 12.6 Å². The first-order valence-electron chi connectivity index (χ1n) is 4.19. The highest BCUT2D eigenvalue weighted by Crippen LogP contribution is 2.21. The third kappa shape index (κ3) is 3.13. The van der Waals surface area contributed by atoms with Gasteiger partial charge in [-0.3, -0.25) is 0 Å². The molecule has 82 valence electrons. The smallest absolute Gasteiger partial charge is 0.280 e. The number of hydrogen-bond acceptors (Lipinski definition) is 3. The van der Waals surface area contributed by atoms with E-state index >= 15 is 0 Å². The SMILES string of the molecule is C=C(OCC)c1cc(C(F)F)nc(Cl)n1. The van der Waals surface area contributed by atoms with Gasteiger partial charge >= 0.3 is 0 Å². The van der Waals surface area contributed by atoms with Crippen LogP contribution in [-0.4, -0.2) is 16.6 Å². The van der Waals surface area contributed by atoms with E-state index in [-0.39, 0.29) is 16.7 Å². The van der Waals surface area contributed by atoms with Gasteiger partial charge in [0.25, 0.3) is 6.43 Å². The lowest BCUT2D eigenvalue weighted by atomic mass is 10.3. The number of alkyl halides is 2. The molecule has 0 aromatic carbocycles. The van der Waals surface area contributed by atoms with Crippen molar-refractivity contribution in [3.05, 3.63) is 29.3 Å². The molecule has 0 spiro atoms. The summed E-state index contributed by atoms with van der Waals surface area (Å²) < 4.78 is 29.7. The highest BCUT2D eigenvalue weighted by molar-refractivity contribution is 6.28. The highest BCUT2D eigenvalue weighted by Gasteiger charge is 2.13. The number of nitrogens with zero attached hydrogens (tertiary/aromatic N) is 2. The molecule has 0 bridgehead atoms. The van der Waals surface area contributed by atoms with E-state index in [1.54, 1.807) is 6.92 Å². The van der Waals surface area contributed by atoms with Gasteiger partial charge in [0.05, 0.1) is 6.61 Å². The van der Waals surface area contributed by atoms with Crippen molar-refractivity contribution >= 4 is 17.4 Å². The van der Waals surface area contributed by atoms with Crippen molar-refractivity contribution in [2.45, 2.75) is 13.3 Å². The minimum atomic E-state index is -2.70. The van der Waals surface area contributed by atoms with Crippen molar-refractivity contribution in [3.63, 3.8) is 0 Å². The number of rotatable bonds is 4. The summed E-state index contributed by atoms with van der Waals surface area (Å²) in [5.41, 5.74) is -0.266. The fourth-order valence-corrected chi connectivity index (χ4v) is 1.13. The zero-order valence-corrected chi connectivity index (χ0v) is 8.76. The van der Waals surface area contributed by atoms with Gasteiger partial charge in [-0.25, -0.2) is 18.7 Å². The van der Waals surface area contributed by atoms with Crippen molar-refractivity contribution in [1.82, 2.24) is 9.97 Å². The Balaban J connectivity index is 3.03. The first kappa shape index (κ1) is 11.8. The number of halogens is 3. The monoisotopic (exact) mass is 234 g/mol. The average molecular weight is 235 g/mol. The average Bonchev–Trinajstić information content (AvgIpc) is 2.17. The van der Waals surface area contributed by atoms with Gasteiger partial charge in [-0.1, -0.05) is 6.58 Å². The number of ether oxygens (including phenoxy) is 1. The molecular weight excluding hydrogens is 226 g/mol. The lowest BCUT2D eigenvalue weighted by Gasteiger charge is -2.07.